The molecule has 1 N–H and O–H groups in total. The molecular weight excluding hydrogens is 202 g/mol. The molecule has 1 heterocycles. The maximum Gasteiger partial charge on any atom is 0.250 e. The molecule has 15 heavy (non-hydrogen) atoms. The molecule has 1 aromatic rings. The molecule has 1 aromatic heterocycles. The Balaban J connectivity index is 2.16. The van der Waals surface area contributed by atoms with E-state index in [1.54, 1.807) is 24.0 Å². The predicted octanol–water partition coefficient (Wildman–Crippen LogP) is 1.68. The van der Waals surface area contributed by atoms with Gasteiger partial charge in [-0.2, -0.15) is 5.10 Å². The smallest absolute Gasteiger partial charge is 0.250 e. The van der Waals surface area contributed by atoms with Crippen LogP contribution < -0.4 is 0 Å². The zero-order chi connectivity index (χ0) is 11.1. The highest BCUT2D eigenvalue weighted by Gasteiger charge is 2.41. The third kappa shape index (κ3) is 2.02. The summed E-state index contributed by atoms with van der Waals surface area (Å²) in [5.41, 5.74) is 0.831. The van der Waals surface area contributed by atoms with Crippen LogP contribution in [0.3, 0.4) is 0 Å². The average molecular weight is 216 g/mol. The molecule has 1 saturated carbocycles. The molecule has 0 radical (unpaired) electrons. The van der Waals surface area contributed by atoms with Gasteiger partial charge in [-0.25, -0.2) is 8.78 Å². The van der Waals surface area contributed by atoms with Crippen LogP contribution in [0.1, 0.15) is 30.9 Å². The Morgan fingerprint density at radius 2 is 2.33 bits per heavy atom. The van der Waals surface area contributed by atoms with Gasteiger partial charge in [-0.15, -0.1) is 0 Å². The van der Waals surface area contributed by atoms with E-state index in [1.807, 2.05) is 0 Å². The van der Waals surface area contributed by atoms with E-state index in [4.69, 9.17) is 0 Å². The third-order valence-electron chi connectivity index (χ3n) is 3.03. The Morgan fingerprint density at radius 3 is 2.87 bits per heavy atom. The number of rotatable bonds is 1. The van der Waals surface area contributed by atoms with Crippen LogP contribution in [-0.4, -0.2) is 26.9 Å². The Kier molecular flexibility index (Phi) is 2.50. The fourth-order valence-electron chi connectivity index (χ4n) is 2.20. The summed E-state index contributed by atoms with van der Waals surface area (Å²) in [6, 6.07) is 1.78. The van der Waals surface area contributed by atoms with E-state index in [9.17, 15) is 13.9 Å². The van der Waals surface area contributed by atoms with E-state index in [-0.39, 0.29) is 12.3 Å². The third-order valence-corrected chi connectivity index (χ3v) is 3.03. The summed E-state index contributed by atoms with van der Waals surface area (Å²) < 4.78 is 27.6. The minimum Gasteiger partial charge on any atom is -0.392 e. The van der Waals surface area contributed by atoms with E-state index in [2.05, 4.69) is 5.10 Å². The standard InChI is InChI=1S/C10H14F2N2O/c1-14-8(3-5-13-14)7-2-4-10(11,12)6-9(7)15/h3,5,7,9,15H,2,4,6H2,1H3/t7-,9?/m1/s1. The van der Waals surface area contributed by atoms with E-state index in [1.165, 1.54) is 0 Å². The Hall–Kier alpha value is -0.970. The SMILES string of the molecule is Cn1nccc1[C@H]1CCC(F)(F)CC1O. The van der Waals surface area contributed by atoms with Crippen molar-refractivity contribution in [3.05, 3.63) is 18.0 Å². The zero-order valence-electron chi connectivity index (χ0n) is 8.53. The number of nitrogens with zero attached hydrogens (tertiary/aromatic N) is 2. The number of hydrogen-bond donors (Lipinski definition) is 1. The fraction of sp³-hybridized carbons (Fsp3) is 0.700. The summed E-state index contributed by atoms with van der Waals surface area (Å²) >= 11 is 0. The van der Waals surface area contributed by atoms with Crippen LogP contribution in [0.5, 0.6) is 0 Å². The van der Waals surface area contributed by atoms with Gasteiger partial charge in [0, 0.05) is 37.7 Å². The molecule has 0 spiro atoms. The molecule has 2 atom stereocenters. The Morgan fingerprint density at radius 1 is 1.60 bits per heavy atom. The van der Waals surface area contributed by atoms with Crippen molar-refractivity contribution >= 4 is 0 Å². The highest BCUT2D eigenvalue weighted by atomic mass is 19.3. The molecule has 1 unspecified atom stereocenters. The molecule has 0 aliphatic heterocycles. The first-order valence-electron chi connectivity index (χ1n) is 5.03. The van der Waals surface area contributed by atoms with Gasteiger partial charge in [0.05, 0.1) is 6.10 Å². The fourth-order valence-corrected chi connectivity index (χ4v) is 2.20. The van der Waals surface area contributed by atoms with Gasteiger partial charge >= 0.3 is 0 Å². The van der Waals surface area contributed by atoms with Crippen molar-refractivity contribution in [3.63, 3.8) is 0 Å². The minimum atomic E-state index is -2.71. The molecule has 1 aliphatic carbocycles. The predicted molar refractivity (Wildman–Crippen MR) is 50.8 cm³/mol. The Bertz CT molecular complexity index is 351. The molecule has 0 saturated heterocycles. The lowest BCUT2D eigenvalue weighted by molar-refractivity contribution is -0.0847. The lowest BCUT2D eigenvalue weighted by Crippen LogP contribution is -2.35. The summed E-state index contributed by atoms with van der Waals surface area (Å²) in [6.45, 7) is 0. The average Bonchev–Trinajstić information content (AvgIpc) is 2.50. The molecule has 1 fully saturated rings. The van der Waals surface area contributed by atoms with Gasteiger partial charge in [0.25, 0.3) is 5.92 Å². The van der Waals surface area contributed by atoms with Crippen molar-refractivity contribution in [2.24, 2.45) is 7.05 Å². The van der Waals surface area contributed by atoms with Crippen LogP contribution in [0, 0.1) is 0 Å². The molecule has 2 rings (SSSR count). The normalized spacial score (nSPS) is 30.4. The molecule has 84 valence electrons. The van der Waals surface area contributed by atoms with Crippen LogP contribution >= 0.6 is 0 Å². The first kappa shape index (κ1) is 10.5. The second-order valence-electron chi connectivity index (χ2n) is 4.15. The number of alkyl halides is 2. The maximum atomic E-state index is 13.0. The number of halogens is 2. The molecule has 0 amide bonds. The topological polar surface area (TPSA) is 38.0 Å². The first-order valence-corrected chi connectivity index (χ1v) is 5.03. The number of hydrogen-bond acceptors (Lipinski definition) is 2. The van der Waals surface area contributed by atoms with Crippen molar-refractivity contribution in [2.45, 2.75) is 37.2 Å². The summed E-state index contributed by atoms with van der Waals surface area (Å²) in [7, 11) is 1.76. The highest BCUT2D eigenvalue weighted by molar-refractivity contribution is 5.11. The second-order valence-corrected chi connectivity index (χ2v) is 4.15. The van der Waals surface area contributed by atoms with E-state index < -0.39 is 18.4 Å². The monoisotopic (exact) mass is 216 g/mol. The summed E-state index contributed by atoms with van der Waals surface area (Å²) in [5.74, 6) is -2.92. The van der Waals surface area contributed by atoms with Crippen LogP contribution in [0.4, 0.5) is 8.78 Å². The molecule has 0 bridgehead atoms. The van der Waals surface area contributed by atoms with Gasteiger partial charge in [-0.05, 0) is 12.5 Å². The molecule has 0 aromatic carbocycles. The van der Waals surface area contributed by atoms with Crippen molar-refractivity contribution < 1.29 is 13.9 Å². The zero-order valence-corrected chi connectivity index (χ0v) is 8.53. The van der Waals surface area contributed by atoms with Crippen LogP contribution in [0.2, 0.25) is 0 Å². The van der Waals surface area contributed by atoms with Crippen molar-refractivity contribution in [1.29, 1.82) is 0 Å². The van der Waals surface area contributed by atoms with Crippen molar-refractivity contribution in [1.82, 2.24) is 9.78 Å². The van der Waals surface area contributed by atoms with E-state index in [0.717, 1.165) is 5.69 Å². The van der Waals surface area contributed by atoms with E-state index in [0.29, 0.717) is 6.42 Å². The lowest BCUT2D eigenvalue weighted by Gasteiger charge is -2.32. The van der Waals surface area contributed by atoms with Gasteiger partial charge < -0.3 is 5.11 Å². The highest BCUT2D eigenvalue weighted by Crippen LogP contribution is 2.40. The summed E-state index contributed by atoms with van der Waals surface area (Å²) in [6.07, 6.45) is 0.370. The molecule has 1 aliphatic rings. The number of aliphatic hydroxyl groups is 1. The molecular formula is C10H14F2N2O. The van der Waals surface area contributed by atoms with Gasteiger partial charge in [0.2, 0.25) is 0 Å². The van der Waals surface area contributed by atoms with Crippen LogP contribution in [0.25, 0.3) is 0 Å². The maximum absolute atomic E-state index is 13.0. The Labute approximate surface area is 86.7 Å². The molecule has 5 heteroatoms. The van der Waals surface area contributed by atoms with Gasteiger partial charge in [0.1, 0.15) is 0 Å². The van der Waals surface area contributed by atoms with E-state index >= 15 is 0 Å². The number of aliphatic hydroxyl groups excluding tert-OH is 1. The molecule has 3 nitrogen and oxygen atoms in total. The first-order chi connectivity index (χ1) is 6.99. The van der Waals surface area contributed by atoms with Crippen LogP contribution in [-0.2, 0) is 7.05 Å². The largest absolute Gasteiger partial charge is 0.392 e. The number of aryl methyl sites for hydroxylation is 1. The quantitative estimate of drug-likeness (QED) is 0.775. The van der Waals surface area contributed by atoms with Gasteiger partial charge in [-0.1, -0.05) is 0 Å². The van der Waals surface area contributed by atoms with Crippen molar-refractivity contribution in [3.8, 4) is 0 Å². The number of aromatic nitrogens is 2. The summed E-state index contributed by atoms with van der Waals surface area (Å²) in [5, 5.41) is 13.7. The van der Waals surface area contributed by atoms with Crippen LogP contribution in [0.15, 0.2) is 12.3 Å². The van der Waals surface area contributed by atoms with Gasteiger partial charge in [-0.3, -0.25) is 4.68 Å². The minimum absolute atomic E-state index is 0.153. The lowest BCUT2D eigenvalue weighted by atomic mass is 9.82. The second kappa shape index (κ2) is 3.56. The van der Waals surface area contributed by atoms with Gasteiger partial charge in [0.15, 0.2) is 0 Å². The van der Waals surface area contributed by atoms with Crippen molar-refractivity contribution in [2.75, 3.05) is 0 Å². The summed E-state index contributed by atoms with van der Waals surface area (Å²) in [4.78, 5) is 0.